The zero-order valence-electron chi connectivity index (χ0n) is 7.91. The third kappa shape index (κ3) is 1.70. The van der Waals surface area contributed by atoms with Crippen molar-refractivity contribution in [3.05, 3.63) is 24.3 Å². The number of hydrogen-bond donors (Lipinski definition) is 0. The highest BCUT2D eigenvalue weighted by atomic mass is 19.3. The van der Waals surface area contributed by atoms with E-state index in [0.717, 1.165) is 18.8 Å². The van der Waals surface area contributed by atoms with Crippen LogP contribution in [-0.2, 0) is 0 Å². The van der Waals surface area contributed by atoms with Crippen LogP contribution in [0.15, 0.2) is 24.3 Å². The molecule has 0 atom stereocenters. The number of halogens is 2. The predicted molar refractivity (Wildman–Crippen MR) is 50.5 cm³/mol. The molecule has 1 aliphatic rings. The first-order valence-corrected chi connectivity index (χ1v) is 4.51. The molecule has 1 aromatic carbocycles. The highest BCUT2D eigenvalue weighted by Gasteiger charge is 2.42. The molecule has 2 rings (SSSR count). The summed E-state index contributed by atoms with van der Waals surface area (Å²) in [6.07, 6.45) is 0. The van der Waals surface area contributed by atoms with Gasteiger partial charge in [-0.15, -0.1) is 0 Å². The maximum absolute atomic E-state index is 12.1. The Kier molecular flexibility index (Phi) is 2.15. The number of rotatable bonds is 3. The minimum Gasteiger partial charge on any atom is -0.428 e. The Balaban J connectivity index is 2.29. The highest BCUT2D eigenvalue weighted by molar-refractivity contribution is 5.57. The Labute approximate surface area is 81.3 Å². The summed E-state index contributed by atoms with van der Waals surface area (Å²) < 4.78 is 29.3. The van der Waals surface area contributed by atoms with Gasteiger partial charge in [0.25, 0.3) is 0 Å². The monoisotopic (exact) mass is 200 g/mol. The molecule has 0 saturated carbocycles. The minimum absolute atomic E-state index is 0.294. The predicted octanol–water partition coefficient (Wildman–Crippen LogP) is 2.24. The molecule has 1 fully saturated rings. The van der Waals surface area contributed by atoms with Crippen molar-refractivity contribution in [1.82, 2.24) is 4.48 Å². The van der Waals surface area contributed by atoms with E-state index < -0.39 is 6.61 Å². The largest absolute Gasteiger partial charge is 0.428 e. The fraction of sp³-hybridized carbons (Fsp3) is 0.400. The van der Waals surface area contributed by atoms with Crippen molar-refractivity contribution in [2.24, 2.45) is 0 Å². The maximum atomic E-state index is 12.1. The van der Waals surface area contributed by atoms with Crippen LogP contribution in [0.1, 0.15) is 0 Å². The molecule has 0 amide bonds. The first-order valence-electron chi connectivity index (χ1n) is 4.51. The number of benzene rings is 1. The summed E-state index contributed by atoms with van der Waals surface area (Å²) in [6, 6.07) is 6.97. The van der Waals surface area contributed by atoms with Crippen molar-refractivity contribution < 1.29 is 13.5 Å². The summed E-state index contributed by atoms with van der Waals surface area (Å²) in [7, 11) is 2.01. The lowest BCUT2D eigenvalue weighted by Crippen LogP contribution is -2.20. The summed E-state index contributed by atoms with van der Waals surface area (Å²) >= 11 is 0. The lowest BCUT2D eigenvalue weighted by Gasteiger charge is -2.15. The second-order valence-electron chi connectivity index (χ2n) is 3.69. The van der Waals surface area contributed by atoms with Crippen molar-refractivity contribution in [3.8, 4) is 5.75 Å². The molecular formula is C10H12F2NO+. The van der Waals surface area contributed by atoms with E-state index in [1.165, 1.54) is 0 Å². The average molecular weight is 200 g/mol. The van der Waals surface area contributed by atoms with Crippen LogP contribution in [0.4, 0.5) is 14.5 Å². The van der Waals surface area contributed by atoms with E-state index in [9.17, 15) is 8.78 Å². The topological polar surface area (TPSA) is 9.23 Å². The van der Waals surface area contributed by atoms with Gasteiger partial charge >= 0.3 is 6.61 Å². The quantitative estimate of drug-likeness (QED) is 0.537. The molecule has 14 heavy (non-hydrogen) atoms. The number of hydrogen-bond acceptors (Lipinski definition) is 1. The second kappa shape index (κ2) is 3.20. The van der Waals surface area contributed by atoms with Gasteiger partial charge < -0.3 is 4.74 Å². The van der Waals surface area contributed by atoms with Gasteiger partial charge in [0.15, 0.2) is 11.4 Å². The van der Waals surface area contributed by atoms with Crippen LogP contribution in [0, 0.1) is 0 Å². The molecule has 0 bridgehead atoms. The van der Waals surface area contributed by atoms with Crippen molar-refractivity contribution in [2.75, 3.05) is 20.1 Å². The molecule has 0 aromatic heterocycles. The molecule has 2 nitrogen and oxygen atoms in total. The van der Waals surface area contributed by atoms with E-state index in [0.29, 0.717) is 10.2 Å². The highest BCUT2D eigenvalue weighted by Crippen LogP contribution is 2.38. The van der Waals surface area contributed by atoms with Gasteiger partial charge in [0.05, 0.1) is 7.05 Å². The number of likely N-dealkylation sites (N-methyl/N-ethyl adjacent to an activating group) is 1. The molecule has 0 N–H and O–H groups in total. The fourth-order valence-corrected chi connectivity index (χ4v) is 1.49. The van der Waals surface area contributed by atoms with Gasteiger partial charge in [-0.25, -0.2) is 0 Å². The lowest BCUT2D eigenvalue weighted by molar-refractivity contribution is -0.0499. The summed E-state index contributed by atoms with van der Waals surface area (Å²) in [4.78, 5) is 0. The van der Waals surface area contributed by atoms with Crippen molar-refractivity contribution in [2.45, 2.75) is 6.61 Å². The maximum Gasteiger partial charge on any atom is 0.387 e. The van der Waals surface area contributed by atoms with Gasteiger partial charge in [-0.2, -0.15) is 8.78 Å². The number of ether oxygens (including phenoxy) is 1. The van der Waals surface area contributed by atoms with E-state index in [1.54, 1.807) is 12.1 Å². The minimum atomic E-state index is -2.75. The lowest BCUT2D eigenvalue weighted by atomic mass is 10.3. The van der Waals surface area contributed by atoms with Crippen LogP contribution in [0.5, 0.6) is 5.75 Å². The summed E-state index contributed by atoms with van der Waals surface area (Å²) in [5.41, 5.74) is 0.841. The fourth-order valence-electron chi connectivity index (χ4n) is 1.49. The van der Waals surface area contributed by atoms with Crippen LogP contribution in [0.3, 0.4) is 0 Å². The first-order chi connectivity index (χ1) is 6.62. The standard InChI is InChI=1S/C10H12F2NO/c1-13(6-7-13)8-4-2-3-5-9(8)14-10(11)12/h2-5,10H,6-7H2,1H3/q+1. The van der Waals surface area contributed by atoms with E-state index >= 15 is 0 Å². The SMILES string of the molecule is C[N+]1(c2ccccc2OC(F)F)CC1. The molecule has 0 spiro atoms. The van der Waals surface area contributed by atoms with Gasteiger partial charge in [-0.1, -0.05) is 12.1 Å². The Bertz CT molecular complexity index is 337. The molecule has 1 aliphatic heterocycles. The van der Waals surface area contributed by atoms with E-state index in [-0.39, 0.29) is 0 Å². The molecule has 1 saturated heterocycles. The van der Waals surface area contributed by atoms with Gasteiger partial charge in [-0.05, 0) is 6.07 Å². The number of para-hydroxylation sites is 2. The Morgan fingerprint density at radius 2 is 1.93 bits per heavy atom. The molecule has 0 aliphatic carbocycles. The third-order valence-electron chi connectivity index (χ3n) is 2.56. The molecule has 0 radical (unpaired) electrons. The van der Waals surface area contributed by atoms with Gasteiger partial charge in [0, 0.05) is 6.07 Å². The molecule has 4 heteroatoms. The Morgan fingerprint density at radius 3 is 2.50 bits per heavy atom. The van der Waals surface area contributed by atoms with Crippen LogP contribution in [0.25, 0.3) is 0 Å². The van der Waals surface area contributed by atoms with Crippen molar-refractivity contribution >= 4 is 5.69 Å². The van der Waals surface area contributed by atoms with Crippen molar-refractivity contribution in [1.29, 1.82) is 0 Å². The van der Waals surface area contributed by atoms with Crippen LogP contribution < -0.4 is 9.22 Å². The first kappa shape index (κ1) is 9.40. The number of quaternary nitrogens is 1. The van der Waals surface area contributed by atoms with Crippen LogP contribution in [0.2, 0.25) is 0 Å². The normalized spacial score (nSPS) is 18.3. The average Bonchev–Trinajstić information content (AvgIpc) is 2.84. The molecule has 1 aromatic rings. The van der Waals surface area contributed by atoms with E-state index in [4.69, 9.17) is 0 Å². The van der Waals surface area contributed by atoms with Gasteiger partial charge in [0.1, 0.15) is 13.1 Å². The Morgan fingerprint density at radius 1 is 1.29 bits per heavy atom. The summed E-state index contributed by atoms with van der Waals surface area (Å²) in [5.74, 6) is 0.294. The van der Waals surface area contributed by atoms with Gasteiger partial charge in [0.2, 0.25) is 0 Å². The summed E-state index contributed by atoms with van der Waals surface area (Å²) in [6.45, 7) is -0.768. The zero-order chi connectivity index (χ0) is 10.2. The summed E-state index contributed by atoms with van der Waals surface area (Å²) in [5, 5.41) is 0. The molecular weight excluding hydrogens is 188 g/mol. The number of alkyl halides is 2. The zero-order valence-corrected chi connectivity index (χ0v) is 7.91. The molecule has 0 unspecified atom stereocenters. The molecule has 1 heterocycles. The second-order valence-corrected chi connectivity index (χ2v) is 3.69. The van der Waals surface area contributed by atoms with E-state index in [1.807, 2.05) is 19.2 Å². The van der Waals surface area contributed by atoms with Crippen molar-refractivity contribution in [3.63, 3.8) is 0 Å². The van der Waals surface area contributed by atoms with E-state index in [2.05, 4.69) is 4.74 Å². The Hall–Kier alpha value is -1.16. The van der Waals surface area contributed by atoms with Crippen LogP contribution in [-0.4, -0.2) is 26.7 Å². The van der Waals surface area contributed by atoms with Crippen LogP contribution >= 0.6 is 0 Å². The van der Waals surface area contributed by atoms with Gasteiger partial charge in [-0.3, -0.25) is 4.48 Å². The smallest absolute Gasteiger partial charge is 0.387 e. The third-order valence-corrected chi connectivity index (χ3v) is 2.56. The molecule has 76 valence electrons. The number of nitrogens with zero attached hydrogens (tertiary/aromatic N) is 1.